The fraction of sp³-hybridized carbons (Fsp3) is 0.462. The molecule has 126 valence electrons. The number of fused-ring (bicyclic) bond motifs is 1. The van der Waals surface area contributed by atoms with Crippen LogP contribution in [0.25, 0.3) is 11.0 Å². The van der Waals surface area contributed by atoms with Crippen LogP contribution in [0.4, 0.5) is 26.3 Å². The van der Waals surface area contributed by atoms with Gasteiger partial charge in [0.2, 0.25) is 0 Å². The molecule has 2 atom stereocenters. The number of aliphatic hydroxyl groups is 1. The van der Waals surface area contributed by atoms with Crippen LogP contribution in [0.5, 0.6) is 0 Å². The summed E-state index contributed by atoms with van der Waals surface area (Å²) in [4.78, 5) is 6.30. The molecule has 0 bridgehead atoms. The quantitative estimate of drug-likeness (QED) is 0.700. The first-order valence-corrected chi connectivity index (χ1v) is 6.65. The molecule has 0 aliphatic carbocycles. The maximum atomic E-state index is 13.1. The Morgan fingerprint density at radius 3 is 2.30 bits per heavy atom. The molecule has 1 aliphatic heterocycles. The fourth-order valence-electron chi connectivity index (χ4n) is 2.61. The molecular weight excluding hydrogens is 328 g/mol. The standard InChI is InChI=1S/C13H11F6N3O/c14-12(15,16)5-1-7(13(17,18)19)10-8(2-5)21-11(22-10)9-3-6(23)4-20-9/h1-2,6,9,20,23H,3-4H2,(H,21,22)/t6-,9?/m1/s1. The Hall–Kier alpha value is -1.81. The molecule has 0 amide bonds. The van der Waals surface area contributed by atoms with Crippen molar-refractivity contribution < 1.29 is 31.4 Å². The lowest BCUT2D eigenvalue weighted by molar-refractivity contribution is -0.142. The molecule has 1 aliphatic rings. The number of benzene rings is 1. The molecule has 1 aromatic carbocycles. The molecule has 1 fully saturated rings. The maximum absolute atomic E-state index is 13.1. The van der Waals surface area contributed by atoms with Gasteiger partial charge in [-0.3, -0.25) is 0 Å². The lowest BCUT2D eigenvalue weighted by Gasteiger charge is -2.11. The number of imidazole rings is 1. The minimum absolute atomic E-state index is 0.0594. The first kappa shape index (κ1) is 16.1. The van der Waals surface area contributed by atoms with Gasteiger partial charge in [-0.25, -0.2) is 4.98 Å². The lowest BCUT2D eigenvalue weighted by atomic mass is 10.1. The average Bonchev–Trinajstić information content (AvgIpc) is 3.00. The summed E-state index contributed by atoms with van der Waals surface area (Å²) in [7, 11) is 0. The van der Waals surface area contributed by atoms with Crippen molar-refractivity contribution in [2.45, 2.75) is 30.9 Å². The van der Waals surface area contributed by atoms with Crippen molar-refractivity contribution in [2.75, 3.05) is 6.54 Å². The van der Waals surface area contributed by atoms with Gasteiger partial charge in [0.05, 0.1) is 28.8 Å². The van der Waals surface area contributed by atoms with E-state index in [4.69, 9.17) is 0 Å². The molecule has 1 unspecified atom stereocenters. The van der Waals surface area contributed by atoms with Gasteiger partial charge < -0.3 is 15.4 Å². The van der Waals surface area contributed by atoms with Gasteiger partial charge in [-0.05, 0) is 18.6 Å². The van der Waals surface area contributed by atoms with Gasteiger partial charge in [0.15, 0.2) is 0 Å². The van der Waals surface area contributed by atoms with Crippen molar-refractivity contribution >= 4 is 11.0 Å². The predicted octanol–water partition coefficient (Wildman–Crippen LogP) is 3.00. The number of aromatic amines is 1. The molecule has 2 heterocycles. The Morgan fingerprint density at radius 1 is 1.09 bits per heavy atom. The van der Waals surface area contributed by atoms with E-state index in [-0.39, 0.29) is 30.4 Å². The van der Waals surface area contributed by atoms with E-state index in [9.17, 15) is 31.4 Å². The maximum Gasteiger partial charge on any atom is 0.418 e. The van der Waals surface area contributed by atoms with E-state index in [2.05, 4.69) is 15.3 Å². The highest BCUT2D eigenvalue weighted by molar-refractivity contribution is 5.80. The molecule has 1 saturated heterocycles. The van der Waals surface area contributed by atoms with Crippen LogP contribution in [0.15, 0.2) is 12.1 Å². The molecular formula is C13H11F6N3O. The van der Waals surface area contributed by atoms with Crippen molar-refractivity contribution in [2.24, 2.45) is 0 Å². The zero-order valence-corrected chi connectivity index (χ0v) is 11.4. The van der Waals surface area contributed by atoms with Crippen LogP contribution >= 0.6 is 0 Å². The summed E-state index contributed by atoms with van der Waals surface area (Å²) >= 11 is 0. The SMILES string of the molecule is O[C@H]1CNC(c2nc3c(C(F)(F)F)cc(C(F)(F)F)cc3[nH]2)C1. The first-order valence-electron chi connectivity index (χ1n) is 6.65. The van der Waals surface area contributed by atoms with Crippen LogP contribution in [-0.4, -0.2) is 27.7 Å². The summed E-state index contributed by atoms with van der Waals surface area (Å²) in [5.74, 6) is 0.0707. The number of rotatable bonds is 1. The number of alkyl halides is 6. The number of H-pyrrole nitrogens is 1. The number of nitrogens with zero attached hydrogens (tertiary/aromatic N) is 1. The second-order valence-corrected chi connectivity index (χ2v) is 5.39. The van der Waals surface area contributed by atoms with E-state index < -0.39 is 41.1 Å². The molecule has 3 rings (SSSR count). The monoisotopic (exact) mass is 339 g/mol. The second-order valence-electron chi connectivity index (χ2n) is 5.39. The topological polar surface area (TPSA) is 60.9 Å². The zero-order chi connectivity index (χ0) is 17.0. The summed E-state index contributed by atoms with van der Waals surface area (Å²) in [6, 6.07) is 0.129. The smallest absolute Gasteiger partial charge is 0.392 e. The third kappa shape index (κ3) is 3.00. The van der Waals surface area contributed by atoms with Gasteiger partial charge in [0.25, 0.3) is 0 Å². The Balaban J connectivity index is 2.16. The Labute approximate surface area is 125 Å². The Kier molecular flexibility index (Phi) is 3.56. The molecule has 10 heteroatoms. The van der Waals surface area contributed by atoms with Gasteiger partial charge in [0.1, 0.15) is 11.3 Å². The zero-order valence-electron chi connectivity index (χ0n) is 11.4. The van der Waals surface area contributed by atoms with Gasteiger partial charge in [-0.15, -0.1) is 0 Å². The number of aliphatic hydroxyl groups excluding tert-OH is 1. The largest absolute Gasteiger partial charge is 0.418 e. The fourth-order valence-corrected chi connectivity index (χ4v) is 2.61. The van der Waals surface area contributed by atoms with Crippen molar-refractivity contribution in [3.8, 4) is 0 Å². The molecule has 23 heavy (non-hydrogen) atoms. The molecule has 0 spiro atoms. The van der Waals surface area contributed by atoms with Crippen molar-refractivity contribution in [3.63, 3.8) is 0 Å². The molecule has 1 aromatic heterocycles. The summed E-state index contributed by atoms with van der Waals surface area (Å²) in [5, 5.41) is 12.3. The van der Waals surface area contributed by atoms with Gasteiger partial charge in [-0.1, -0.05) is 0 Å². The van der Waals surface area contributed by atoms with E-state index in [1.807, 2.05) is 0 Å². The molecule has 0 saturated carbocycles. The highest BCUT2D eigenvalue weighted by atomic mass is 19.4. The summed E-state index contributed by atoms with van der Waals surface area (Å²) in [6.45, 7) is 0.238. The minimum atomic E-state index is -4.96. The first-order chi connectivity index (χ1) is 10.6. The number of β-amino-alcohol motifs (C(OH)–C–C–N with tert-alkyl or cyclic N) is 1. The number of nitrogens with one attached hydrogen (secondary N) is 2. The highest BCUT2D eigenvalue weighted by Gasteiger charge is 2.39. The predicted molar refractivity (Wildman–Crippen MR) is 67.5 cm³/mol. The van der Waals surface area contributed by atoms with Gasteiger partial charge in [0, 0.05) is 6.54 Å². The lowest BCUT2D eigenvalue weighted by Crippen LogP contribution is -2.15. The van der Waals surface area contributed by atoms with Crippen LogP contribution in [0, 0.1) is 0 Å². The molecule has 4 nitrogen and oxygen atoms in total. The van der Waals surface area contributed by atoms with Gasteiger partial charge >= 0.3 is 12.4 Å². The van der Waals surface area contributed by atoms with Crippen LogP contribution in [-0.2, 0) is 12.4 Å². The van der Waals surface area contributed by atoms with Crippen molar-refractivity contribution in [3.05, 3.63) is 29.1 Å². The molecule has 2 aromatic rings. The number of hydrogen-bond acceptors (Lipinski definition) is 3. The number of hydrogen-bond donors (Lipinski definition) is 3. The Bertz CT molecular complexity index is 736. The van der Waals surface area contributed by atoms with E-state index in [1.165, 1.54) is 0 Å². The van der Waals surface area contributed by atoms with Crippen molar-refractivity contribution in [1.29, 1.82) is 0 Å². The third-order valence-corrected chi connectivity index (χ3v) is 3.68. The number of halogens is 6. The average molecular weight is 339 g/mol. The highest BCUT2D eigenvalue weighted by Crippen LogP contribution is 2.39. The summed E-state index contributed by atoms with van der Waals surface area (Å²) in [5.41, 5.74) is -3.75. The number of aromatic nitrogens is 2. The second kappa shape index (κ2) is 5.10. The van der Waals surface area contributed by atoms with E-state index in [1.54, 1.807) is 0 Å². The summed E-state index contributed by atoms with van der Waals surface area (Å²) < 4.78 is 77.6. The van der Waals surface area contributed by atoms with E-state index >= 15 is 0 Å². The van der Waals surface area contributed by atoms with Crippen LogP contribution in [0.1, 0.15) is 29.4 Å². The normalized spacial score (nSPS) is 22.9. The molecule has 0 radical (unpaired) electrons. The van der Waals surface area contributed by atoms with Crippen LogP contribution in [0.3, 0.4) is 0 Å². The minimum Gasteiger partial charge on any atom is -0.392 e. The van der Waals surface area contributed by atoms with E-state index in [0.29, 0.717) is 6.07 Å². The Morgan fingerprint density at radius 2 is 1.78 bits per heavy atom. The third-order valence-electron chi connectivity index (χ3n) is 3.68. The van der Waals surface area contributed by atoms with E-state index in [0.717, 1.165) is 0 Å². The summed E-state index contributed by atoms with van der Waals surface area (Å²) in [6.07, 6.45) is -10.3. The van der Waals surface area contributed by atoms with Crippen LogP contribution in [0.2, 0.25) is 0 Å². The van der Waals surface area contributed by atoms with Crippen molar-refractivity contribution in [1.82, 2.24) is 15.3 Å². The van der Waals surface area contributed by atoms with Gasteiger partial charge in [-0.2, -0.15) is 26.3 Å². The van der Waals surface area contributed by atoms with Crippen LogP contribution < -0.4 is 5.32 Å². The molecule has 3 N–H and O–H groups in total.